The number of H-pyrrole nitrogens is 1. The molecule has 0 bridgehead atoms. The fourth-order valence-electron chi connectivity index (χ4n) is 3.30. The number of carbonyl (C=O) groups excluding carboxylic acids is 1. The van der Waals surface area contributed by atoms with Crippen LogP contribution in [0, 0.1) is 0 Å². The van der Waals surface area contributed by atoms with Gasteiger partial charge in [0.15, 0.2) is 5.82 Å². The van der Waals surface area contributed by atoms with Gasteiger partial charge in [-0.25, -0.2) is 4.79 Å². The Balaban J connectivity index is 0.000000757. The van der Waals surface area contributed by atoms with Crippen LogP contribution in [0.15, 0.2) is 29.1 Å². The molecule has 2 atom stereocenters. The van der Waals surface area contributed by atoms with Gasteiger partial charge in [-0.3, -0.25) is 19.4 Å². The third-order valence-corrected chi connectivity index (χ3v) is 5.30. The van der Waals surface area contributed by atoms with E-state index in [1.54, 1.807) is 12.1 Å². The minimum Gasteiger partial charge on any atom is -0.481 e. The number of rotatable bonds is 11. The number of amides is 1. The number of fused-ring (bicyclic) bond motifs is 1. The second-order valence-electron chi connectivity index (χ2n) is 8.68. The van der Waals surface area contributed by atoms with Crippen molar-refractivity contribution in [2.45, 2.75) is 24.9 Å². The Morgan fingerprint density at radius 2 is 1.89 bits per heavy atom. The van der Waals surface area contributed by atoms with Crippen molar-refractivity contribution in [2.24, 2.45) is 0 Å². The van der Waals surface area contributed by atoms with Crippen LogP contribution in [0.25, 0.3) is 0 Å². The summed E-state index contributed by atoms with van der Waals surface area (Å²) in [6, 6.07) is 4.93. The average molecular weight is 535 g/mol. The van der Waals surface area contributed by atoms with Gasteiger partial charge in [0.25, 0.3) is 11.5 Å². The quantitative estimate of drug-likeness (QED) is 0.173. The molecule has 2 unspecified atom stereocenters. The van der Waals surface area contributed by atoms with Crippen LogP contribution in [0.4, 0.5) is 23.1 Å². The number of nitrogens with zero attached hydrogens (tertiary/aromatic N) is 2. The second kappa shape index (κ2) is 14.4. The molecule has 1 aromatic heterocycles. The highest BCUT2D eigenvalue weighted by Crippen LogP contribution is 2.20. The molecular weight excluding hydrogens is 500 g/mol. The summed E-state index contributed by atoms with van der Waals surface area (Å²) in [4.78, 5) is 54.5. The SMILES string of the molecule is CN(C)CCO.Nc1nc2c(c(=O)[nH]1)NC(CNc1ccc(C(=O)NC(CCC(=O)O)C(=O)O)cc1)CN2. The molecule has 1 aliphatic heterocycles. The fraction of sp³-hybridized carbons (Fsp3) is 0.435. The number of aromatic amines is 1. The lowest BCUT2D eigenvalue weighted by Crippen LogP contribution is -2.41. The first-order valence-electron chi connectivity index (χ1n) is 11.7. The highest BCUT2D eigenvalue weighted by Gasteiger charge is 2.23. The summed E-state index contributed by atoms with van der Waals surface area (Å²) in [5, 5.41) is 37.7. The van der Waals surface area contributed by atoms with Crippen molar-refractivity contribution in [1.29, 1.82) is 0 Å². The number of nitrogens with one attached hydrogen (secondary N) is 5. The van der Waals surface area contributed by atoms with E-state index in [4.69, 9.17) is 21.1 Å². The largest absolute Gasteiger partial charge is 0.481 e. The monoisotopic (exact) mass is 534 g/mol. The van der Waals surface area contributed by atoms with Crippen LogP contribution in [0.1, 0.15) is 23.2 Å². The van der Waals surface area contributed by atoms with Crippen LogP contribution in [0.3, 0.4) is 0 Å². The number of aromatic nitrogens is 2. The molecule has 38 heavy (non-hydrogen) atoms. The van der Waals surface area contributed by atoms with E-state index >= 15 is 0 Å². The summed E-state index contributed by atoms with van der Waals surface area (Å²) >= 11 is 0. The van der Waals surface area contributed by atoms with Gasteiger partial charge < -0.3 is 47.2 Å². The maximum atomic E-state index is 12.3. The van der Waals surface area contributed by atoms with E-state index < -0.39 is 23.9 Å². The van der Waals surface area contributed by atoms with E-state index in [1.165, 1.54) is 12.1 Å². The molecule has 2 aromatic rings. The summed E-state index contributed by atoms with van der Waals surface area (Å²) in [5.41, 5.74) is 6.40. The summed E-state index contributed by atoms with van der Waals surface area (Å²) in [7, 11) is 3.85. The molecule has 0 saturated carbocycles. The molecular formula is C23H34N8O7. The molecule has 0 fully saturated rings. The topological polar surface area (TPSA) is 235 Å². The molecule has 0 saturated heterocycles. The summed E-state index contributed by atoms with van der Waals surface area (Å²) < 4.78 is 0. The zero-order valence-corrected chi connectivity index (χ0v) is 21.2. The number of hydrogen-bond acceptors (Lipinski definition) is 11. The highest BCUT2D eigenvalue weighted by molar-refractivity contribution is 5.96. The standard InChI is InChI=1S/C19H23N7O6.C4H11NO/c20-19-25-15-14(17(30)26-19)23-11(8-22-15)7-21-10-3-1-9(2-4-10)16(29)24-12(18(31)32)5-6-13(27)28;1-5(2)3-4-6/h1-4,11-12,21,23H,5-8H2,(H,24,29)(H,27,28)(H,31,32)(H4,20,22,25,26,30);6H,3-4H2,1-2H3. The van der Waals surface area contributed by atoms with Crippen molar-refractivity contribution in [3.8, 4) is 0 Å². The number of likely N-dealkylation sites (N-methyl/N-ethyl adjacent to an activating group) is 1. The number of carboxylic acid groups (broad SMARTS) is 2. The van der Waals surface area contributed by atoms with Gasteiger partial charge in [0.05, 0.1) is 12.6 Å². The van der Waals surface area contributed by atoms with Gasteiger partial charge in [-0.2, -0.15) is 4.98 Å². The predicted molar refractivity (Wildman–Crippen MR) is 142 cm³/mol. The lowest BCUT2D eigenvalue weighted by atomic mass is 10.1. The molecule has 10 N–H and O–H groups in total. The first kappa shape index (κ1) is 29.9. The van der Waals surface area contributed by atoms with E-state index in [1.807, 2.05) is 19.0 Å². The Hall–Kier alpha value is -4.37. The van der Waals surface area contributed by atoms with Crippen molar-refractivity contribution in [2.75, 3.05) is 62.0 Å². The molecule has 15 nitrogen and oxygen atoms in total. The number of carboxylic acids is 2. The van der Waals surface area contributed by atoms with Crippen LogP contribution in [0.2, 0.25) is 0 Å². The fourth-order valence-corrected chi connectivity index (χ4v) is 3.30. The van der Waals surface area contributed by atoms with Crippen molar-refractivity contribution in [3.63, 3.8) is 0 Å². The van der Waals surface area contributed by atoms with Gasteiger partial charge in [-0.1, -0.05) is 0 Å². The Labute approximate surface area is 218 Å². The van der Waals surface area contributed by atoms with Crippen LogP contribution in [-0.4, -0.2) is 100 Å². The predicted octanol–water partition coefficient (Wildman–Crippen LogP) is -0.742. The normalized spacial score (nSPS) is 14.6. The number of nitrogens with two attached hydrogens (primary N) is 1. The lowest BCUT2D eigenvalue weighted by molar-refractivity contribution is -0.140. The zero-order valence-electron chi connectivity index (χ0n) is 21.2. The van der Waals surface area contributed by atoms with E-state index in [-0.39, 0.29) is 42.6 Å². The smallest absolute Gasteiger partial charge is 0.326 e. The first-order valence-corrected chi connectivity index (χ1v) is 11.7. The second-order valence-corrected chi connectivity index (χ2v) is 8.68. The van der Waals surface area contributed by atoms with Crippen LogP contribution < -0.4 is 32.6 Å². The van der Waals surface area contributed by atoms with Gasteiger partial charge in [0.1, 0.15) is 11.7 Å². The third kappa shape index (κ3) is 9.59. The summed E-state index contributed by atoms with van der Waals surface area (Å²) in [5.74, 6) is -2.64. The van der Waals surface area contributed by atoms with E-state index in [0.29, 0.717) is 30.3 Å². The minimum atomic E-state index is -1.30. The molecule has 0 spiro atoms. The van der Waals surface area contributed by atoms with E-state index in [9.17, 15) is 19.2 Å². The molecule has 3 rings (SSSR count). The molecule has 15 heteroatoms. The molecule has 1 amide bonds. The van der Waals surface area contributed by atoms with Crippen molar-refractivity contribution >= 4 is 41.0 Å². The third-order valence-electron chi connectivity index (χ3n) is 5.30. The lowest BCUT2D eigenvalue weighted by Gasteiger charge is -2.27. The van der Waals surface area contributed by atoms with Crippen LogP contribution in [-0.2, 0) is 9.59 Å². The number of hydrogen-bond donors (Lipinski definition) is 9. The average Bonchev–Trinajstić information content (AvgIpc) is 2.85. The summed E-state index contributed by atoms with van der Waals surface area (Å²) in [6.07, 6.45) is -0.587. The Morgan fingerprint density at radius 1 is 1.21 bits per heavy atom. The van der Waals surface area contributed by atoms with Crippen molar-refractivity contribution < 1.29 is 29.7 Å². The van der Waals surface area contributed by atoms with Gasteiger partial charge in [0, 0.05) is 37.3 Å². The number of aliphatic hydroxyl groups excluding tert-OH is 1. The molecule has 208 valence electrons. The highest BCUT2D eigenvalue weighted by atomic mass is 16.4. The molecule has 0 aliphatic carbocycles. The van der Waals surface area contributed by atoms with Gasteiger partial charge in [-0.05, 0) is 44.8 Å². The van der Waals surface area contributed by atoms with Crippen molar-refractivity contribution in [3.05, 3.63) is 40.2 Å². The Morgan fingerprint density at radius 3 is 2.45 bits per heavy atom. The zero-order chi connectivity index (χ0) is 28.2. The van der Waals surface area contributed by atoms with E-state index in [0.717, 1.165) is 6.54 Å². The number of nitrogen functional groups attached to an aromatic ring is 1. The number of benzene rings is 1. The minimum absolute atomic E-state index is 0.0281. The number of anilines is 4. The number of carbonyl (C=O) groups is 3. The number of aliphatic carboxylic acids is 2. The number of aliphatic hydroxyl groups is 1. The van der Waals surface area contributed by atoms with Gasteiger partial charge in [0.2, 0.25) is 5.95 Å². The molecule has 1 aromatic carbocycles. The summed E-state index contributed by atoms with van der Waals surface area (Å²) in [6.45, 7) is 1.98. The van der Waals surface area contributed by atoms with Crippen molar-refractivity contribution in [1.82, 2.24) is 20.2 Å². The van der Waals surface area contributed by atoms with Crippen LogP contribution in [0.5, 0.6) is 0 Å². The Kier molecular flexibility index (Phi) is 11.3. The Bertz CT molecular complexity index is 1150. The van der Waals surface area contributed by atoms with Crippen LogP contribution >= 0.6 is 0 Å². The van der Waals surface area contributed by atoms with E-state index in [2.05, 4.69) is 31.2 Å². The molecule has 2 heterocycles. The molecule has 0 radical (unpaired) electrons. The van der Waals surface area contributed by atoms with Gasteiger partial charge in [-0.15, -0.1) is 0 Å². The molecule has 1 aliphatic rings. The maximum Gasteiger partial charge on any atom is 0.326 e. The van der Waals surface area contributed by atoms with Gasteiger partial charge >= 0.3 is 11.9 Å². The first-order chi connectivity index (χ1) is 18.0. The maximum absolute atomic E-state index is 12.3.